The van der Waals surface area contributed by atoms with Crippen LogP contribution < -0.4 is 20.7 Å². The number of ether oxygens (including phenoxy) is 1. The maximum atomic E-state index is 12.6. The minimum atomic E-state index is -0.324. The Morgan fingerprint density at radius 2 is 1.62 bits per heavy atom. The molecule has 3 aromatic carbocycles. The van der Waals surface area contributed by atoms with Crippen LogP contribution in [0.25, 0.3) is 0 Å². The van der Waals surface area contributed by atoms with Crippen LogP contribution in [-0.4, -0.2) is 23.5 Å². The quantitative estimate of drug-likeness (QED) is 0.359. The summed E-state index contributed by atoms with van der Waals surface area (Å²) in [5, 5.41) is 8.79. The third-order valence-electron chi connectivity index (χ3n) is 5.06. The average Bonchev–Trinajstić information content (AvgIpc) is 2.81. The number of amides is 2. The molecule has 0 aliphatic rings. The van der Waals surface area contributed by atoms with Crippen LogP contribution in [-0.2, 0) is 0 Å². The molecule has 0 aliphatic heterocycles. The highest BCUT2D eigenvalue weighted by Crippen LogP contribution is 2.21. The second-order valence-electron chi connectivity index (χ2n) is 8.32. The van der Waals surface area contributed by atoms with Crippen molar-refractivity contribution in [2.24, 2.45) is 5.92 Å². The molecule has 3 N–H and O–H groups in total. The molecular formula is C27H29N3O3S. The molecule has 2 amide bonds. The molecular weight excluding hydrogens is 446 g/mol. The molecule has 0 spiro atoms. The fraction of sp³-hybridized carbons (Fsp3) is 0.222. The zero-order chi connectivity index (χ0) is 24.5. The van der Waals surface area contributed by atoms with E-state index in [1.54, 1.807) is 42.5 Å². The fourth-order valence-corrected chi connectivity index (χ4v) is 3.35. The number of benzene rings is 3. The number of hydrogen-bond acceptors (Lipinski definition) is 4. The Hall–Kier alpha value is -3.71. The normalized spacial score (nSPS) is 10.5. The lowest BCUT2D eigenvalue weighted by Gasteiger charge is -2.13. The van der Waals surface area contributed by atoms with Gasteiger partial charge in [-0.15, -0.1) is 0 Å². The number of hydrogen-bond donors (Lipinski definition) is 3. The highest BCUT2D eigenvalue weighted by atomic mass is 32.1. The summed E-state index contributed by atoms with van der Waals surface area (Å²) in [7, 11) is 0. The number of anilines is 2. The Kier molecular flexibility index (Phi) is 8.76. The van der Waals surface area contributed by atoms with E-state index < -0.39 is 0 Å². The first kappa shape index (κ1) is 24.9. The van der Waals surface area contributed by atoms with Crippen LogP contribution >= 0.6 is 12.2 Å². The van der Waals surface area contributed by atoms with Crippen molar-refractivity contribution < 1.29 is 14.3 Å². The van der Waals surface area contributed by atoms with Gasteiger partial charge in [0.15, 0.2) is 5.11 Å². The van der Waals surface area contributed by atoms with Crippen molar-refractivity contribution in [3.8, 4) is 5.75 Å². The van der Waals surface area contributed by atoms with Crippen molar-refractivity contribution in [3.63, 3.8) is 0 Å². The van der Waals surface area contributed by atoms with Gasteiger partial charge in [0.2, 0.25) is 0 Å². The van der Waals surface area contributed by atoms with Gasteiger partial charge in [0.25, 0.3) is 11.8 Å². The van der Waals surface area contributed by atoms with Crippen molar-refractivity contribution in [3.05, 3.63) is 89.5 Å². The van der Waals surface area contributed by atoms with E-state index in [4.69, 9.17) is 17.0 Å². The molecule has 34 heavy (non-hydrogen) atoms. The maximum Gasteiger partial charge on any atom is 0.257 e. The molecule has 0 aromatic heterocycles. The van der Waals surface area contributed by atoms with Crippen molar-refractivity contribution in [1.82, 2.24) is 5.32 Å². The summed E-state index contributed by atoms with van der Waals surface area (Å²) < 4.78 is 5.73. The summed E-state index contributed by atoms with van der Waals surface area (Å²) in [5.74, 6) is 0.696. The molecule has 0 heterocycles. The molecule has 0 saturated heterocycles. The largest absolute Gasteiger partial charge is 0.494 e. The summed E-state index contributed by atoms with van der Waals surface area (Å²) >= 11 is 5.31. The van der Waals surface area contributed by atoms with Gasteiger partial charge in [0.1, 0.15) is 5.75 Å². The third-order valence-corrected chi connectivity index (χ3v) is 5.26. The van der Waals surface area contributed by atoms with Gasteiger partial charge >= 0.3 is 0 Å². The molecule has 0 atom stereocenters. The van der Waals surface area contributed by atoms with E-state index in [2.05, 4.69) is 29.8 Å². The third kappa shape index (κ3) is 7.42. The van der Waals surface area contributed by atoms with Gasteiger partial charge in [-0.25, -0.2) is 0 Å². The monoisotopic (exact) mass is 475 g/mol. The molecule has 0 bridgehead atoms. The highest BCUT2D eigenvalue weighted by Gasteiger charge is 2.11. The van der Waals surface area contributed by atoms with Crippen LogP contribution in [0.5, 0.6) is 5.75 Å². The molecule has 3 aromatic rings. The van der Waals surface area contributed by atoms with Gasteiger partial charge in [-0.1, -0.05) is 38.1 Å². The van der Waals surface area contributed by atoms with E-state index in [0.29, 0.717) is 40.8 Å². The van der Waals surface area contributed by atoms with Crippen molar-refractivity contribution >= 4 is 40.5 Å². The lowest BCUT2D eigenvalue weighted by Crippen LogP contribution is -2.34. The van der Waals surface area contributed by atoms with E-state index in [0.717, 1.165) is 12.0 Å². The number of rotatable bonds is 8. The van der Waals surface area contributed by atoms with Crippen LogP contribution in [0.4, 0.5) is 11.4 Å². The summed E-state index contributed by atoms with van der Waals surface area (Å²) in [6.45, 7) is 6.76. The smallest absolute Gasteiger partial charge is 0.257 e. The molecule has 6 nitrogen and oxygen atoms in total. The first-order valence-electron chi connectivity index (χ1n) is 11.1. The van der Waals surface area contributed by atoms with Gasteiger partial charge in [-0.05, 0) is 85.6 Å². The van der Waals surface area contributed by atoms with Gasteiger partial charge in [0, 0.05) is 22.5 Å². The fourth-order valence-electron chi connectivity index (χ4n) is 3.14. The molecule has 3 rings (SSSR count). The number of carbonyl (C=O) groups excluding carboxylic acids is 2. The lowest BCUT2D eigenvalue weighted by molar-refractivity contribution is 0.0975. The van der Waals surface area contributed by atoms with E-state index in [-0.39, 0.29) is 16.9 Å². The maximum absolute atomic E-state index is 12.6. The van der Waals surface area contributed by atoms with E-state index in [1.165, 1.54) is 0 Å². The molecule has 176 valence electrons. The second kappa shape index (κ2) is 12.0. The summed E-state index contributed by atoms with van der Waals surface area (Å²) in [4.78, 5) is 25.0. The predicted molar refractivity (Wildman–Crippen MR) is 141 cm³/mol. The summed E-state index contributed by atoms with van der Waals surface area (Å²) in [6, 6.07) is 21.5. The van der Waals surface area contributed by atoms with Crippen molar-refractivity contribution in [2.75, 3.05) is 17.2 Å². The van der Waals surface area contributed by atoms with Crippen LogP contribution in [0.2, 0.25) is 0 Å². The Bertz CT molecular complexity index is 1160. The summed E-state index contributed by atoms with van der Waals surface area (Å²) in [5.41, 5.74) is 3.30. The Morgan fingerprint density at radius 3 is 2.32 bits per heavy atom. The number of nitrogens with one attached hydrogen (secondary N) is 3. The Labute approximate surface area is 205 Å². The van der Waals surface area contributed by atoms with Crippen LogP contribution in [0.1, 0.15) is 46.5 Å². The molecule has 7 heteroatoms. The minimum Gasteiger partial charge on any atom is -0.494 e. The minimum absolute atomic E-state index is 0.177. The Morgan fingerprint density at radius 1 is 0.882 bits per heavy atom. The van der Waals surface area contributed by atoms with Crippen LogP contribution in [0.3, 0.4) is 0 Å². The number of aryl methyl sites for hydroxylation is 1. The molecule has 0 unspecified atom stereocenters. The zero-order valence-electron chi connectivity index (χ0n) is 19.6. The van der Waals surface area contributed by atoms with Gasteiger partial charge in [-0.2, -0.15) is 0 Å². The highest BCUT2D eigenvalue weighted by molar-refractivity contribution is 7.80. The van der Waals surface area contributed by atoms with Gasteiger partial charge in [-0.3, -0.25) is 14.9 Å². The predicted octanol–water partition coefficient (Wildman–Crippen LogP) is 5.80. The molecule has 0 radical (unpaired) electrons. The van der Waals surface area contributed by atoms with Gasteiger partial charge < -0.3 is 15.4 Å². The molecule has 0 fully saturated rings. The van der Waals surface area contributed by atoms with Gasteiger partial charge in [0.05, 0.1) is 6.61 Å². The van der Waals surface area contributed by atoms with Crippen LogP contribution in [0, 0.1) is 12.8 Å². The van der Waals surface area contributed by atoms with E-state index in [9.17, 15) is 9.59 Å². The summed E-state index contributed by atoms with van der Waals surface area (Å²) in [6.07, 6.45) is 0.943. The number of thiocarbonyl (C=S) groups is 1. The van der Waals surface area contributed by atoms with Crippen molar-refractivity contribution in [1.29, 1.82) is 0 Å². The van der Waals surface area contributed by atoms with E-state index >= 15 is 0 Å². The molecule has 0 saturated carbocycles. The van der Waals surface area contributed by atoms with Crippen LogP contribution in [0.15, 0.2) is 72.8 Å². The Balaban J connectivity index is 1.56. The second-order valence-corrected chi connectivity index (χ2v) is 8.73. The van der Waals surface area contributed by atoms with Crippen molar-refractivity contribution in [2.45, 2.75) is 27.2 Å². The topological polar surface area (TPSA) is 79.5 Å². The first-order valence-corrected chi connectivity index (χ1v) is 11.5. The zero-order valence-corrected chi connectivity index (χ0v) is 20.4. The average molecular weight is 476 g/mol. The standard InChI is InChI=1S/C27H29N3O3S/c1-18(2)14-15-33-23-11-7-10-21(17-23)26(32)30-27(34)28-22-12-13-24(19(3)16-22)29-25(31)20-8-5-4-6-9-20/h4-13,16-18H,14-15H2,1-3H3,(H,29,31)(H2,28,30,32,34). The lowest BCUT2D eigenvalue weighted by atomic mass is 10.1. The molecule has 0 aliphatic carbocycles. The number of carbonyl (C=O) groups is 2. The first-order chi connectivity index (χ1) is 16.3. The van der Waals surface area contributed by atoms with E-state index in [1.807, 2.05) is 37.3 Å². The SMILES string of the molecule is Cc1cc(NC(=S)NC(=O)c2cccc(OCCC(C)C)c2)ccc1NC(=O)c1ccccc1.